The number of benzene rings is 1. The summed E-state index contributed by atoms with van der Waals surface area (Å²) in [7, 11) is 0. The highest BCUT2D eigenvalue weighted by molar-refractivity contribution is 6.36. The van der Waals surface area contributed by atoms with E-state index in [9.17, 15) is 0 Å². The number of fused-ring (bicyclic) bond motifs is 3. The van der Waals surface area contributed by atoms with E-state index in [4.69, 9.17) is 16.9 Å². The summed E-state index contributed by atoms with van der Waals surface area (Å²) < 4.78 is 0. The van der Waals surface area contributed by atoms with Crippen molar-refractivity contribution in [3.05, 3.63) is 40.0 Å². The topological polar surface area (TPSA) is 36.7 Å². The fourth-order valence-corrected chi connectivity index (χ4v) is 2.79. The quantitative estimate of drug-likeness (QED) is 0.707. The molecule has 0 saturated heterocycles. The summed E-state index contributed by atoms with van der Waals surface area (Å²) in [5.74, 6) is 0. The van der Waals surface area contributed by atoms with E-state index in [1.807, 2.05) is 6.07 Å². The molecule has 0 bridgehead atoms. The van der Waals surface area contributed by atoms with Crippen LogP contribution in [0.1, 0.15) is 29.5 Å². The summed E-state index contributed by atoms with van der Waals surface area (Å²) in [6.07, 6.45) is 6.25. The van der Waals surface area contributed by atoms with E-state index in [1.165, 1.54) is 24.0 Å². The molecule has 0 N–H and O–H groups in total. The van der Waals surface area contributed by atoms with Gasteiger partial charge in [-0.3, -0.25) is 4.98 Å². The van der Waals surface area contributed by atoms with E-state index in [0.717, 1.165) is 23.7 Å². The summed E-state index contributed by atoms with van der Waals surface area (Å²) in [5, 5.41) is 10.4. The monoisotopic (exact) mass is 242 g/mol. The fraction of sp³-hybridized carbons (Fsp3) is 0.286. The van der Waals surface area contributed by atoms with Crippen LogP contribution in [0.2, 0.25) is 5.02 Å². The van der Waals surface area contributed by atoms with Crippen LogP contribution in [-0.2, 0) is 12.8 Å². The van der Waals surface area contributed by atoms with E-state index in [1.54, 1.807) is 6.20 Å². The maximum atomic E-state index is 8.94. The van der Waals surface area contributed by atoms with Crippen LogP contribution in [0.4, 0.5) is 0 Å². The third-order valence-corrected chi connectivity index (χ3v) is 3.83. The van der Waals surface area contributed by atoms with Crippen LogP contribution >= 0.6 is 11.6 Å². The van der Waals surface area contributed by atoms with Gasteiger partial charge in [-0.25, -0.2) is 0 Å². The molecule has 1 aliphatic carbocycles. The van der Waals surface area contributed by atoms with E-state index in [2.05, 4.69) is 17.1 Å². The molecule has 1 aromatic heterocycles. The van der Waals surface area contributed by atoms with Gasteiger partial charge in [-0.1, -0.05) is 23.7 Å². The zero-order valence-corrected chi connectivity index (χ0v) is 10.1. The average Bonchev–Trinajstić information content (AvgIpc) is 2.39. The molecule has 84 valence electrons. The number of halogens is 1. The molecule has 1 heterocycles. The summed E-state index contributed by atoms with van der Waals surface area (Å²) in [6.45, 7) is 0. The van der Waals surface area contributed by atoms with Crippen LogP contribution < -0.4 is 0 Å². The van der Waals surface area contributed by atoms with Crippen molar-refractivity contribution in [2.75, 3.05) is 0 Å². The number of hydrogen-bond donors (Lipinski definition) is 0. The highest BCUT2D eigenvalue weighted by Crippen LogP contribution is 2.32. The molecule has 0 saturated carbocycles. The molecule has 17 heavy (non-hydrogen) atoms. The molecule has 0 unspecified atom stereocenters. The van der Waals surface area contributed by atoms with Gasteiger partial charge in [0.15, 0.2) is 0 Å². The number of nitriles is 1. The number of nitrogens with zero attached hydrogens (tertiary/aromatic N) is 2. The third kappa shape index (κ3) is 1.59. The van der Waals surface area contributed by atoms with E-state index in [-0.39, 0.29) is 0 Å². The standard InChI is InChI=1S/C14H11ClN2/c15-13-10(7-16)8-17-14-11-4-2-1-3-9(11)5-6-12(13)14/h5-6,8H,1-4H2. The molecule has 1 aliphatic rings. The minimum atomic E-state index is 0.454. The number of rotatable bonds is 0. The lowest BCUT2D eigenvalue weighted by molar-refractivity contribution is 0.689. The molecule has 0 radical (unpaired) electrons. The van der Waals surface area contributed by atoms with Crippen molar-refractivity contribution in [2.24, 2.45) is 0 Å². The first-order chi connectivity index (χ1) is 8.31. The van der Waals surface area contributed by atoms with Crippen molar-refractivity contribution in [2.45, 2.75) is 25.7 Å². The summed E-state index contributed by atoms with van der Waals surface area (Å²) in [6, 6.07) is 6.20. The Balaban J connectivity index is 2.35. The Bertz CT molecular complexity index is 641. The molecule has 0 atom stereocenters. The smallest absolute Gasteiger partial charge is 0.102 e. The highest BCUT2D eigenvalue weighted by atomic mass is 35.5. The first-order valence-electron chi connectivity index (χ1n) is 5.80. The summed E-state index contributed by atoms with van der Waals surface area (Å²) in [5.41, 5.74) is 4.14. The van der Waals surface area contributed by atoms with Crippen molar-refractivity contribution in [3.8, 4) is 6.07 Å². The van der Waals surface area contributed by atoms with Crippen molar-refractivity contribution >= 4 is 22.5 Å². The lowest BCUT2D eigenvalue weighted by Gasteiger charge is -2.17. The molecule has 1 aromatic carbocycles. The maximum Gasteiger partial charge on any atom is 0.102 e. The Morgan fingerprint density at radius 1 is 1.24 bits per heavy atom. The Kier molecular flexibility index (Phi) is 2.49. The van der Waals surface area contributed by atoms with Gasteiger partial charge in [-0.2, -0.15) is 5.26 Å². The molecule has 2 aromatic rings. The third-order valence-electron chi connectivity index (χ3n) is 3.42. The van der Waals surface area contributed by atoms with Gasteiger partial charge in [-0.05, 0) is 36.8 Å². The molecule has 0 amide bonds. The van der Waals surface area contributed by atoms with Crippen LogP contribution in [0.25, 0.3) is 10.9 Å². The first-order valence-corrected chi connectivity index (χ1v) is 6.18. The predicted octanol–water partition coefficient (Wildman–Crippen LogP) is 3.64. The molecule has 2 nitrogen and oxygen atoms in total. The number of hydrogen-bond acceptors (Lipinski definition) is 2. The normalized spacial score (nSPS) is 14.4. The second-order valence-corrected chi connectivity index (χ2v) is 4.78. The van der Waals surface area contributed by atoms with Gasteiger partial charge in [0.2, 0.25) is 0 Å². The van der Waals surface area contributed by atoms with Crippen molar-refractivity contribution in [1.29, 1.82) is 5.26 Å². The lowest BCUT2D eigenvalue weighted by atomic mass is 9.89. The molecule has 0 aliphatic heterocycles. The van der Waals surface area contributed by atoms with Gasteiger partial charge < -0.3 is 0 Å². The SMILES string of the molecule is N#Cc1cnc2c3c(ccc2c1Cl)CCCC3. The summed E-state index contributed by atoms with van der Waals surface area (Å²) in [4.78, 5) is 4.42. The molecule has 0 spiro atoms. The van der Waals surface area contributed by atoms with E-state index >= 15 is 0 Å². The van der Waals surface area contributed by atoms with Crippen LogP contribution in [0.3, 0.4) is 0 Å². The minimum Gasteiger partial charge on any atom is -0.254 e. The Hall–Kier alpha value is -1.59. The number of pyridine rings is 1. The van der Waals surface area contributed by atoms with Gasteiger partial charge in [0.25, 0.3) is 0 Å². The number of aryl methyl sites for hydroxylation is 2. The van der Waals surface area contributed by atoms with Gasteiger partial charge in [0.1, 0.15) is 6.07 Å². The average molecular weight is 243 g/mol. The van der Waals surface area contributed by atoms with Gasteiger partial charge in [0.05, 0.1) is 16.1 Å². The van der Waals surface area contributed by atoms with Gasteiger partial charge in [0, 0.05) is 11.6 Å². The minimum absolute atomic E-state index is 0.454. The van der Waals surface area contributed by atoms with Gasteiger partial charge in [-0.15, -0.1) is 0 Å². The Morgan fingerprint density at radius 3 is 2.88 bits per heavy atom. The van der Waals surface area contributed by atoms with Crippen LogP contribution in [0, 0.1) is 11.3 Å². The summed E-state index contributed by atoms with van der Waals surface area (Å²) >= 11 is 6.22. The van der Waals surface area contributed by atoms with Gasteiger partial charge >= 0.3 is 0 Å². The second kappa shape index (κ2) is 4.01. The lowest BCUT2D eigenvalue weighted by Crippen LogP contribution is -2.04. The van der Waals surface area contributed by atoms with E-state index in [0.29, 0.717) is 10.6 Å². The van der Waals surface area contributed by atoms with Crippen molar-refractivity contribution in [1.82, 2.24) is 4.98 Å². The molecular formula is C14H11ClN2. The zero-order chi connectivity index (χ0) is 11.8. The highest BCUT2D eigenvalue weighted by Gasteiger charge is 2.15. The van der Waals surface area contributed by atoms with Crippen LogP contribution in [-0.4, -0.2) is 4.98 Å². The molecule has 3 heteroatoms. The first kappa shape index (κ1) is 10.6. The second-order valence-electron chi connectivity index (χ2n) is 4.40. The molecular weight excluding hydrogens is 232 g/mol. The van der Waals surface area contributed by atoms with Crippen molar-refractivity contribution < 1.29 is 0 Å². The number of aromatic nitrogens is 1. The Morgan fingerprint density at radius 2 is 2.06 bits per heavy atom. The Labute approximate surface area is 105 Å². The fourth-order valence-electron chi connectivity index (χ4n) is 2.54. The largest absolute Gasteiger partial charge is 0.254 e. The van der Waals surface area contributed by atoms with Crippen LogP contribution in [0.5, 0.6) is 0 Å². The van der Waals surface area contributed by atoms with Crippen molar-refractivity contribution in [3.63, 3.8) is 0 Å². The zero-order valence-electron chi connectivity index (χ0n) is 9.33. The van der Waals surface area contributed by atoms with Crippen LogP contribution in [0.15, 0.2) is 18.3 Å². The molecule has 3 rings (SSSR count). The van der Waals surface area contributed by atoms with E-state index < -0.39 is 0 Å². The molecule has 0 fully saturated rings. The predicted molar refractivity (Wildman–Crippen MR) is 68.1 cm³/mol. The maximum absolute atomic E-state index is 8.94.